The molecule has 0 unspecified atom stereocenters. The summed E-state index contributed by atoms with van der Waals surface area (Å²) in [5, 5.41) is 3.52. The minimum absolute atomic E-state index is 0.00942. The van der Waals surface area contributed by atoms with Crippen molar-refractivity contribution in [3.63, 3.8) is 0 Å². The van der Waals surface area contributed by atoms with Crippen molar-refractivity contribution in [3.8, 4) is 0 Å². The van der Waals surface area contributed by atoms with E-state index in [1.807, 2.05) is 0 Å². The average Bonchev–Trinajstić information content (AvgIpc) is 2.76. The van der Waals surface area contributed by atoms with Crippen LogP contribution >= 0.6 is 22.6 Å². The van der Waals surface area contributed by atoms with Crippen molar-refractivity contribution in [2.45, 2.75) is 6.10 Å². The molecule has 1 heterocycles. The van der Waals surface area contributed by atoms with E-state index in [9.17, 15) is 0 Å². The van der Waals surface area contributed by atoms with Gasteiger partial charge in [-0.15, -0.1) is 0 Å². The highest BCUT2D eigenvalue weighted by molar-refractivity contribution is 14.1. The Bertz CT molecular complexity index is 402. The second-order valence-corrected chi connectivity index (χ2v) is 4.78. The fourth-order valence-corrected chi connectivity index (χ4v) is 1.98. The molecule has 1 aliphatic rings. The zero-order chi connectivity index (χ0) is 11.4. The van der Waals surface area contributed by atoms with Crippen molar-refractivity contribution >= 4 is 28.3 Å². The Hall–Kier alpha value is -0.980. The molecule has 5 nitrogen and oxygen atoms in total. The van der Waals surface area contributed by atoms with Crippen molar-refractivity contribution in [3.05, 3.63) is 38.3 Å². The molecule has 0 saturated carbocycles. The van der Waals surface area contributed by atoms with Gasteiger partial charge < -0.3 is 9.64 Å². The highest BCUT2D eigenvalue weighted by Gasteiger charge is 2.22. The van der Waals surface area contributed by atoms with E-state index in [0.717, 1.165) is 12.2 Å². The van der Waals surface area contributed by atoms with Gasteiger partial charge >= 0.3 is 0 Å². The van der Waals surface area contributed by atoms with Gasteiger partial charge in [0.15, 0.2) is 0 Å². The second-order valence-electron chi connectivity index (χ2n) is 3.53. The Morgan fingerprint density at radius 1 is 1.50 bits per heavy atom. The lowest BCUT2D eigenvalue weighted by atomic mass is 10.3. The van der Waals surface area contributed by atoms with Crippen molar-refractivity contribution in [1.29, 1.82) is 0 Å². The molecule has 6 heteroatoms. The highest BCUT2D eigenvalue weighted by atomic mass is 127. The van der Waals surface area contributed by atoms with Crippen LogP contribution in [0.2, 0.25) is 0 Å². The van der Waals surface area contributed by atoms with E-state index in [-0.39, 0.29) is 6.10 Å². The third-order valence-corrected chi connectivity index (χ3v) is 3.15. The summed E-state index contributed by atoms with van der Waals surface area (Å²) in [5.74, 6) is 0. The number of halogens is 1. The third-order valence-electron chi connectivity index (χ3n) is 2.43. The van der Waals surface area contributed by atoms with Gasteiger partial charge in [0.1, 0.15) is 6.73 Å². The molecule has 0 bridgehead atoms. The Balaban J connectivity index is 1.97. The number of ether oxygens (including phenoxy) is 1. The number of anilines is 1. The van der Waals surface area contributed by atoms with Crippen LogP contribution in [0.25, 0.3) is 10.4 Å². The van der Waals surface area contributed by atoms with Crippen molar-refractivity contribution in [1.82, 2.24) is 0 Å². The Morgan fingerprint density at radius 3 is 2.94 bits per heavy atom. The molecule has 0 aromatic heterocycles. The summed E-state index contributed by atoms with van der Waals surface area (Å²) < 4.78 is 6.73. The zero-order valence-corrected chi connectivity index (χ0v) is 10.7. The lowest BCUT2D eigenvalue weighted by Gasteiger charge is -2.15. The van der Waals surface area contributed by atoms with Crippen LogP contribution in [0.4, 0.5) is 5.69 Å². The lowest BCUT2D eigenvalue weighted by molar-refractivity contribution is 0.122. The predicted molar refractivity (Wildman–Crippen MR) is 70.3 cm³/mol. The maximum Gasteiger partial charge on any atom is 0.119 e. The Morgan fingerprint density at radius 2 is 2.25 bits per heavy atom. The topological polar surface area (TPSA) is 61.2 Å². The van der Waals surface area contributed by atoms with E-state index in [4.69, 9.17) is 10.3 Å². The van der Waals surface area contributed by atoms with Crippen LogP contribution in [-0.2, 0) is 4.74 Å². The molecule has 1 aromatic rings. The van der Waals surface area contributed by atoms with Crippen molar-refractivity contribution in [2.24, 2.45) is 5.11 Å². The van der Waals surface area contributed by atoms with Gasteiger partial charge in [0.05, 0.1) is 12.6 Å². The average molecular weight is 330 g/mol. The molecular weight excluding hydrogens is 319 g/mol. The first-order valence-corrected chi connectivity index (χ1v) is 6.00. The smallest absolute Gasteiger partial charge is 0.119 e. The molecular formula is C10H11IN4O. The molecule has 84 valence electrons. The SMILES string of the molecule is [N-]=[N+]=NC[C@H]1CN(c2ccc(I)cc2)CO1. The van der Waals surface area contributed by atoms with Crippen LogP contribution < -0.4 is 4.90 Å². The maximum atomic E-state index is 8.23. The van der Waals surface area contributed by atoms with E-state index in [1.165, 1.54) is 3.57 Å². The maximum absolute atomic E-state index is 8.23. The van der Waals surface area contributed by atoms with Gasteiger partial charge in [-0.05, 0) is 52.4 Å². The number of azide groups is 1. The molecule has 1 fully saturated rings. The van der Waals surface area contributed by atoms with Crippen molar-refractivity contribution < 1.29 is 4.74 Å². The van der Waals surface area contributed by atoms with Crippen molar-refractivity contribution in [2.75, 3.05) is 24.7 Å². The van der Waals surface area contributed by atoms with Crippen LogP contribution in [0.3, 0.4) is 0 Å². The summed E-state index contributed by atoms with van der Waals surface area (Å²) in [6.45, 7) is 1.74. The molecule has 0 radical (unpaired) electrons. The molecule has 1 aromatic carbocycles. The standard InChI is InChI=1S/C10H11IN4O/c11-8-1-3-9(4-2-8)15-6-10(16-7-15)5-13-14-12/h1-4,10H,5-7H2/t10-/m0/s1. The van der Waals surface area contributed by atoms with Gasteiger partial charge in [-0.3, -0.25) is 0 Å². The number of hydrogen-bond acceptors (Lipinski definition) is 3. The first-order chi connectivity index (χ1) is 7.79. The third kappa shape index (κ3) is 2.78. The molecule has 1 atom stereocenters. The molecule has 16 heavy (non-hydrogen) atoms. The Labute approximate surface area is 107 Å². The normalized spacial score (nSPS) is 19.6. The summed E-state index contributed by atoms with van der Waals surface area (Å²) in [5.41, 5.74) is 9.37. The summed E-state index contributed by atoms with van der Waals surface area (Å²) in [7, 11) is 0. The molecule has 0 spiro atoms. The Kier molecular flexibility index (Phi) is 3.87. The summed E-state index contributed by atoms with van der Waals surface area (Å²) in [6, 6.07) is 8.27. The van der Waals surface area contributed by atoms with E-state index in [0.29, 0.717) is 13.3 Å². The van der Waals surface area contributed by atoms with Crippen LogP contribution in [0.15, 0.2) is 29.4 Å². The molecule has 0 aliphatic carbocycles. The van der Waals surface area contributed by atoms with Crippen LogP contribution in [0.5, 0.6) is 0 Å². The fourth-order valence-electron chi connectivity index (χ4n) is 1.62. The quantitative estimate of drug-likeness (QED) is 0.370. The minimum atomic E-state index is 0.00942. The molecule has 1 saturated heterocycles. The largest absolute Gasteiger partial charge is 0.356 e. The van der Waals surface area contributed by atoms with Gasteiger partial charge in [-0.1, -0.05) is 5.11 Å². The second kappa shape index (κ2) is 5.38. The first-order valence-electron chi connectivity index (χ1n) is 4.92. The van der Waals surface area contributed by atoms with Crippen LogP contribution in [0.1, 0.15) is 0 Å². The number of hydrogen-bond donors (Lipinski definition) is 0. The predicted octanol–water partition coefficient (Wildman–Crippen LogP) is 2.76. The van der Waals surface area contributed by atoms with Gasteiger partial charge in [0.2, 0.25) is 0 Å². The highest BCUT2D eigenvalue weighted by Crippen LogP contribution is 2.20. The van der Waals surface area contributed by atoms with Gasteiger partial charge in [-0.25, -0.2) is 0 Å². The van der Waals surface area contributed by atoms with Gasteiger partial charge in [0.25, 0.3) is 0 Å². The van der Waals surface area contributed by atoms with Crippen LogP contribution in [-0.4, -0.2) is 25.9 Å². The van der Waals surface area contributed by atoms with E-state index < -0.39 is 0 Å². The molecule has 1 aliphatic heterocycles. The molecule has 0 N–H and O–H groups in total. The monoisotopic (exact) mass is 330 g/mol. The van der Waals surface area contributed by atoms with Crippen LogP contribution in [0, 0.1) is 3.57 Å². The zero-order valence-electron chi connectivity index (χ0n) is 8.58. The van der Waals surface area contributed by atoms with E-state index >= 15 is 0 Å². The number of rotatable bonds is 3. The summed E-state index contributed by atoms with van der Waals surface area (Å²) in [6.07, 6.45) is 0.00942. The first kappa shape index (κ1) is 11.5. The summed E-state index contributed by atoms with van der Waals surface area (Å²) >= 11 is 2.28. The number of benzene rings is 1. The minimum Gasteiger partial charge on any atom is -0.356 e. The van der Waals surface area contributed by atoms with Gasteiger partial charge in [0, 0.05) is 20.7 Å². The lowest BCUT2D eigenvalue weighted by Crippen LogP contribution is -2.22. The van der Waals surface area contributed by atoms with E-state index in [1.54, 1.807) is 0 Å². The summed E-state index contributed by atoms with van der Waals surface area (Å²) in [4.78, 5) is 4.87. The van der Waals surface area contributed by atoms with E-state index in [2.05, 4.69) is 61.8 Å². The van der Waals surface area contributed by atoms with Gasteiger partial charge in [-0.2, -0.15) is 0 Å². The fraction of sp³-hybridized carbons (Fsp3) is 0.400. The molecule has 0 amide bonds. The number of nitrogens with zero attached hydrogens (tertiary/aromatic N) is 4. The molecule has 2 rings (SSSR count).